The number of likely N-dealkylation sites (N-methyl/N-ethyl adjacent to an activating group) is 1. The van der Waals surface area contributed by atoms with Crippen molar-refractivity contribution in [2.24, 2.45) is 0 Å². The molecule has 7 nitrogen and oxygen atoms in total. The van der Waals surface area contributed by atoms with Gasteiger partial charge in [0.1, 0.15) is 23.0 Å². The van der Waals surface area contributed by atoms with Gasteiger partial charge in [0.25, 0.3) is 11.7 Å². The number of benzene rings is 3. The van der Waals surface area contributed by atoms with Crippen molar-refractivity contribution in [1.29, 1.82) is 0 Å². The maximum absolute atomic E-state index is 13.0. The molecule has 3 aromatic carbocycles. The SMILES string of the molecule is CCN1C(=O)C(=O)/C(=C(/O)c2ccc(OC)cc2C)C1c1ccc(Oc2ccccc2)cc1.c1ccncc1. The number of para-hydroxylation sites is 1. The van der Waals surface area contributed by atoms with Crippen LogP contribution in [0.1, 0.15) is 29.7 Å². The second-order valence-corrected chi connectivity index (χ2v) is 8.77. The van der Waals surface area contributed by atoms with E-state index in [0.717, 1.165) is 5.56 Å². The van der Waals surface area contributed by atoms with Gasteiger partial charge >= 0.3 is 0 Å². The summed E-state index contributed by atoms with van der Waals surface area (Å²) in [5.41, 5.74) is 2.01. The molecule has 1 amide bonds. The highest BCUT2D eigenvalue weighted by Gasteiger charge is 2.45. The number of aromatic nitrogens is 1. The number of ether oxygens (including phenoxy) is 2. The fourth-order valence-corrected chi connectivity index (χ4v) is 4.38. The third-order valence-corrected chi connectivity index (χ3v) is 6.31. The minimum Gasteiger partial charge on any atom is -0.507 e. The lowest BCUT2D eigenvalue weighted by atomic mass is 9.94. The molecule has 1 N–H and O–H groups in total. The summed E-state index contributed by atoms with van der Waals surface area (Å²) in [4.78, 5) is 31.0. The molecule has 0 saturated carbocycles. The number of methoxy groups -OCH3 is 1. The number of carbonyl (C=O) groups excluding carboxylic acids is 2. The van der Waals surface area contributed by atoms with Crippen molar-refractivity contribution in [3.8, 4) is 17.2 Å². The Kier molecular flexibility index (Phi) is 8.74. The van der Waals surface area contributed by atoms with Crippen LogP contribution in [0, 0.1) is 6.92 Å². The molecule has 4 aromatic rings. The number of ketones is 1. The van der Waals surface area contributed by atoms with Gasteiger partial charge in [-0.3, -0.25) is 14.6 Å². The van der Waals surface area contributed by atoms with Crippen LogP contribution in [0.5, 0.6) is 17.2 Å². The molecule has 1 aliphatic rings. The van der Waals surface area contributed by atoms with E-state index in [2.05, 4.69) is 4.98 Å². The van der Waals surface area contributed by atoms with Gasteiger partial charge in [-0.05, 0) is 79.6 Å². The topological polar surface area (TPSA) is 89.0 Å². The van der Waals surface area contributed by atoms with E-state index >= 15 is 0 Å². The van der Waals surface area contributed by atoms with Gasteiger partial charge in [-0.2, -0.15) is 0 Å². The lowest BCUT2D eigenvalue weighted by molar-refractivity contribution is -0.139. The van der Waals surface area contributed by atoms with E-state index < -0.39 is 17.7 Å². The molecular weight excluding hydrogens is 492 g/mol. The fourth-order valence-electron chi connectivity index (χ4n) is 4.38. The number of amides is 1. The van der Waals surface area contributed by atoms with Gasteiger partial charge in [0, 0.05) is 24.5 Å². The first-order valence-electron chi connectivity index (χ1n) is 12.6. The average molecular weight is 523 g/mol. The predicted octanol–water partition coefficient (Wildman–Crippen LogP) is 6.32. The highest BCUT2D eigenvalue weighted by atomic mass is 16.5. The number of nitrogens with zero attached hydrogens (tertiary/aromatic N) is 2. The molecule has 1 unspecified atom stereocenters. The van der Waals surface area contributed by atoms with Gasteiger partial charge in [-0.25, -0.2) is 0 Å². The number of carbonyl (C=O) groups is 2. The normalized spacial score (nSPS) is 15.9. The third kappa shape index (κ3) is 6.15. The van der Waals surface area contributed by atoms with Crippen molar-refractivity contribution in [2.75, 3.05) is 13.7 Å². The van der Waals surface area contributed by atoms with E-state index in [9.17, 15) is 14.7 Å². The number of hydrogen-bond donors (Lipinski definition) is 1. The first-order chi connectivity index (χ1) is 18.9. The van der Waals surface area contributed by atoms with Gasteiger partial charge in [-0.15, -0.1) is 0 Å². The Morgan fingerprint density at radius 2 is 1.49 bits per heavy atom. The number of rotatable bonds is 6. The monoisotopic (exact) mass is 522 g/mol. The molecule has 0 radical (unpaired) electrons. The Morgan fingerprint density at radius 1 is 0.872 bits per heavy atom. The van der Waals surface area contributed by atoms with E-state index in [1.807, 2.05) is 74.5 Å². The molecule has 0 aliphatic carbocycles. The fraction of sp³-hybridized carbons (Fsp3) is 0.156. The summed E-state index contributed by atoms with van der Waals surface area (Å²) < 4.78 is 11.1. The molecule has 0 spiro atoms. The zero-order valence-corrected chi connectivity index (χ0v) is 22.1. The van der Waals surface area contributed by atoms with Crippen molar-refractivity contribution in [3.05, 3.63) is 126 Å². The number of aryl methyl sites for hydroxylation is 1. The van der Waals surface area contributed by atoms with Gasteiger partial charge in [-0.1, -0.05) is 36.4 Å². The van der Waals surface area contributed by atoms with Crippen LogP contribution in [0.4, 0.5) is 0 Å². The molecule has 1 saturated heterocycles. The van der Waals surface area contributed by atoms with Crippen molar-refractivity contribution in [2.45, 2.75) is 19.9 Å². The van der Waals surface area contributed by atoms with Crippen LogP contribution < -0.4 is 9.47 Å². The smallest absolute Gasteiger partial charge is 0.295 e. The average Bonchev–Trinajstić information content (AvgIpc) is 3.24. The molecule has 39 heavy (non-hydrogen) atoms. The van der Waals surface area contributed by atoms with Crippen LogP contribution >= 0.6 is 0 Å². The van der Waals surface area contributed by atoms with Crippen molar-refractivity contribution in [3.63, 3.8) is 0 Å². The molecule has 1 aliphatic heterocycles. The summed E-state index contributed by atoms with van der Waals surface area (Å²) in [6, 6.07) is 26.8. The zero-order chi connectivity index (χ0) is 27.8. The number of aliphatic hydroxyl groups excluding tert-OH is 1. The summed E-state index contributed by atoms with van der Waals surface area (Å²) >= 11 is 0. The number of aliphatic hydroxyl groups is 1. The number of likely N-dealkylation sites (tertiary alicyclic amines) is 1. The van der Waals surface area contributed by atoms with Gasteiger partial charge in [0.2, 0.25) is 0 Å². The van der Waals surface area contributed by atoms with Crippen molar-refractivity contribution < 1.29 is 24.2 Å². The van der Waals surface area contributed by atoms with Crippen LogP contribution in [-0.2, 0) is 9.59 Å². The van der Waals surface area contributed by atoms with Gasteiger partial charge in [0.15, 0.2) is 0 Å². The molecule has 1 fully saturated rings. The largest absolute Gasteiger partial charge is 0.507 e. The minimum atomic E-state index is -0.695. The standard InChI is InChI=1S/C27H25NO5.C5H5N/c1-4-28-24(18-10-12-20(13-11-18)33-19-8-6-5-7-9-19)23(26(30)27(28)31)25(29)22-15-14-21(32-3)16-17(22)2;1-2-4-6-5-3-1/h5-16,24,29H,4H2,1-3H3;1-5H/b25-23+;. The Balaban J connectivity index is 0.000000519. The van der Waals surface area contributed by atoms with E-state index in [0.29, 0.717) is 34.9 Å². The Bertz CT molecular complexity index is 1420. The maximum Gasteiger partial charge on any atom is 0.295 e. The van der Waals surface area contributed by atoms with Crippen molar-refractivity contribution >= 4 is 17.4 Å². The number of Topliss-reactive ketones (excluding diaryl/α,β-unsaturated/α-hetero) is 1. The zero-order valence-electron chi connectivity index (χ0n) is 22.1. The molecule has 7 heteroatoms. The quantitative estimate of drug-likeness (QED) is 0.181. The van der Waals surface area contributed by atoms with Crippen LogP contribution in [-0.4, -0.2) is 40.3 Å². The third-order valence-electron chi connectivity index (χ3n) is 6.31. The van der Waals surface area contributed by atoms with E-state index in [-0.39, 0.29) is 11.3 Å². The van der Waals surface area contributed by atoms with E-state index in [1.165, 1.54) is 4.90 Å². The first-order valence-corrected chi connectivity index (χ1v) is 12.6. The highest BCUT2D eigenvalue weighted by Crippen LogP contribution is 2.40. The molecule has 1 atom stereocenters. The van der Waals surface area contributed by atoms with Crippen LogP contribution in [0.25, 0.3) is 5.76 Å². The van der Waals surface area contributed by atoms with Crippen LogP contribution in [0.15, 0.2) is 109 Å². The van der Waals surface area contributed by atoms with Gasteiger partial charge in [0.05, 0.1) is 18.7 Å². The summed E-state index contributed by atoms with van der Waals surface area (Å²) in [6.07, 6.45) is 3.50. The van der Waals surface area contributed by atoms with E-state index in [1.54, 1.807) is 49.8 Å². The predicted molar refractivity (Wildman–Crippen MR) is 150 cm³/mol. The lowest BCUT2D eigenvalue weighted by Crippen LogP contribution is -2.29. The lowest BCUT2D eigenvalue weighted by Gasteiger charge is -2.24. The van der Waals surface area contributed by atoms with Crippen LogP contribution in [0.3, 0.4) is 0 Å². The Morgan fingerprint density at radius 3 is 2.03 bits per heavy atom. The Hall–Kier alpha value is -4.91. The van der Waals surface area contributed by atoms with Crippen LogP contribution in [0.2, 0.25) is 0 Å². The summed E-state index contributed by atoms with van der Waals surface area (Å²) in [6.45, 7) is 3.96. The molecule has 198 valence electrons. The first kappa shape index (κ1) is 27.1. The Labute approximate surface area is 228 Å². The molecular formula is C32H30N2O5. The second kappa shape index (κ2) is 12.6. The minimum absolute atomic E-state index is 0.0758. The number of hydrogen-bond acceptors (Lipinski definition) is 6. The van der Waals surface area contributed by atoms with E-state index in [4.69, 9.17) is 9.47 Å². The maximum atomic E-state index is 13.0. The second-order valence-electron chi connectivity index (χ2n) is 8.77. The summed E-state index contributed by atoms with van der Waals surface area (Å²) in [7, 11) is 1.56. The molecule has 0 bridgehead atoms. The molecule has 5 rings (SSSR count). The molecule has 1 aromatic heterocycles. The number of pyridine rings is 1. The summed E-state index contributed by atoms with van der Waals surface area (Å²) in [5, 5.41) is 11.2. The van der Waals surface area contributed by atoms with Crippen molar-refractivity contribution in [1.82, 2.24) is 9.88 Å². The molecule has 2 heterocycles. The van der Waals surface area contributed by atoms with Gasteiger partial charge < -0.3 is 19.5 Å². The highest BCUT2D eigenvalue weighted by molar-refractivity contribution is 6.46. The summed E-state index contributed by atoms with van der Waals surface area (Å²) in [5.74, 6) is 0.464.